The fourth-order valence-corrected chi connectivity index (χ4v) is 16.8. The predicted octanol–water partition coefficient (Wildman–Crippen LogP) is 10.6. The van der Waals surface area contributed by atoms with Crippen molar-refractivity contribution in [1.82, 2.24) is 0 Å². The second kappa shape index (κ2) is 18.5. The molecule has 0 amide bonds. The summed E-state index contributed by atoms with van der Waals surface area (Å²) in [6.07, 6.45) is 4.81. The number of carbonyl (C=O) groups is 3. The number of hydrogen-bond acceptors (Lipinski definition) is 10. The Labute approximate surface area is 408 Å². The number of ether oxygens (including phenoxy) is 7. The number of carbonyl (C=O) groups excluding carboxylic acids is 1. The van der Waals surface area contributed by atoms with Crippen molar-refractivity contribution in [3.63, 3.8) is 0 Å². The smallest absolute Gasteiger partial charge is 0.333 e. The van der Waals surface area contributed by atoms with Crippen LogP contribution in [0.5, 0.6) is 0 Å². The molecule has 8 aliphatic rings. The van der Waals surface area contributed by atoms with Crippen molar-refractivity contribution in [2.45, 2.75) is 217 Å². The molecule has 12 heteroatoms. The molecule has 8 rings (SSSR count). The second-order valence-electron chi connectivity index (χ2n) is 25.9. The van der Waals surface area contributed by atoms with Gasteiger partial charge in [0.25, 0.3) is 0 Å². The highest BCUT2D eigenvalue weighted by atomic mass is 16.8. The molecule has 12 nitrogen and oxygen atoms in total. The third kappa shape index (κ3) is 7.95. The van der Waals surface area contributed by atoms with Crippen molar-refractivity contribution >= 4 is 18.2 Å². The van der Waals surface area contributed by atoms with Crippen molar-refractivity contribution in [3.05, 3.63) is 11.6 Å². The average Bonchev–Trinajstić information content (AvgIpc) is 3.28. The molecule has 3 aliphatic heterocycles. The molecule has 4 saturated carbocycles. The first-order chi connectivity index (χ1) is 31.8. The normalized spacial score (nSPS) is 53.4. The predicted molar refractivity (Wildman–Crippen MR) is 257 cm³/mol. The van der Waals surface area contributed by atoms with Crippen LogP contribution in [0.1, 0.15) is 161 Å². The number of carboxylic acid groups (broad SMARTS) is 2. The first-order valence-electron chi connectivity index (χ1n) is 26.8. The van der Waals surface area contributed by atoms with E-state index in [1.807, 2.05) is 6.92 Å². The Morgan fingerprint density at radius 2 is 1.41 bits per heavy atom. The molecule has 0 aromatic rings. The van der Waals surface area contributed by atoms with Gasteiger partial charge in [0, 0.05) is 24.9 Å². The molecular formula is C56H90O12. The monoisotopic (exact) mass is 955 g/mol. The van der Waals surface area contributed by atoms with Crippen LogP contribution < -0.4 is 0 Å². The number of hydrogen-bond donors (Lipinski definition) is 2. The van der Waals surface area contributed by atoms with Crippen molar-refractivity contribution in [2.75, 3.05) is 13.7 Å². The van der Waals surface area contributed by atoms with E-state index in [1.54, 1.807) is 7.11 Å². The summed E-state index contributed by atoms with van der Waals surface area (Å²) in [6.45, 7) is 31.6. The Morgan fingerprint density at radius 3 is 2.04 bits per heavy atom. The van der Waals surface area contributed by atoms with Crippen LogP contribution in [0.15, 0.2) is 11.6 Å². The van der Waals surface area contributed by atoms with E-state index in [2.05, 4.69) is 96.1 Å². The summed E-state index contributed by atoms with van der Waals surface area (Å²) in [5.74, 6) is -1.10. The van der Waals surface area contributed by atoms with Gasteiger partial charge in [0.2, 0.25) is 0 Å². The quantitative estimate of drug-likeness (QED) is 0.115. The maximum absolute atomic E-state index is 14.1. The molecule has 5 aliphatic carbocycles. The van der Waals surface area contributed by atoms with Gasteiger partial charge in [-0.15, -0.1) is 0 Å². The average molecular weight is 955 g/mol. The molecule has 0 radical (unpaired) electrons. The highest BCUT2D eigenvalue weighted by Gasteiger charge is 2.72. The Kier molecular flexibility index (Phi) is 14.3. The summed E-state index contributed by atoms with van der Waals surface area (Å²) < 4.78 is 47.5. The summed E-state index contributed by atoms with van der Waals surface area (Å²) in [7, 11) is 1.71. The van der Waals surface area contributed by atoms with E-state index in [4.69, 9.17) is 33.2 Å². The minimum absolute atomic E-state index is 0.0138. The molecule has 0 aromatic heterocycles. The molecule has 7 fully saturated rings. The van der Waals surface area contributed by atoms with E-state index in [9.17, 15) is 24.6 Å². The van der Waals surface area contributed by atoms with Gasteiger partial charge in [0.15, 0.2) is 25.0 Å². The van der Waals surface area contributed by atoms with Gasteiger partial charge in [-0.25, -0.2) is 4.79 Å². The van der Waals surface area contributed by atoms with Crippen LogP contribution in [-0.2, 0) is 47.5 Å². The molecule has 14 unspecified atom stereocenters. The van der Waals surface area contributed by atoms with Gasteiger partial charge in [-0.2, -0.15) is 0 Å². The second-order valence-corrected chi connectivity index (χ2v) is 25.9. The zero-order valence-corrected chi connectivity index (χ0v) is 44.4. The Hall–Kier alpha value is -1.93. The minimum atomic E-state index is -1.26. The minimum Gasteiger partial charge on any atom is -0.481 e. The number of carboxylic acids is 2. The van der Waals surface area contributed by atoms with Crippen molar-refractivity contribution in [3.8, 4) is 0 Å². The van der Waals surface area contributed by atoms with Gasteiger partial charge in [-0.3, -0.25) is 4.79 Å². The lowest BCUT2D eigenvalue weighted by atomic mass is 9.33. The van der Waals surface area contributed by atoms with Gasteiger partial charge in [-0.1, -0.05) is 109 Å². The van der Waals surface area contributed by atoms with Gasteiger partial charge in [0.1, 0.15) is 17.8 Å². The number of fused-ring (bicyclic) bond motifs is 7. The topological polar surface area (TPSA) is 156 Å². The molecule has 3 saturated heterocycles. The van der Waals surface area contributed by atoms with Crippen molar-refractivity contribution in [2.24, 2.45) is 91.7 Å². The lowest BCUT2D eigenvalue weighted by Gasteiger charge is -2.71. The number of aliphatic carboxylic acids is 2. The van der Waals surface area contributed by atoms with Crippen LogP contribution in [0.3, 0.4) is 0 Å². The van der Waals surface area contributed by atoms with Gasteiger partial charge < -0.3 is 48.2 Å². The van der Waals surface area contributed by atoms with E-state index in [1.165, 1.54) is 5.57 Å². The van der Waals surface area contributed by atoms with E-state index in [0.717, 1.165) is 51.2 Å². The van der Waals surface area contributed by atoms with Gasteiger partial charge in [-0.05, 0) is 127 Å². The number of rotatable bonds is 11. The third-order valence-corrected chi connectivity index (χ3v) is 22.3. The molecule has 0 aromatic carbocycles. The standard InChI is InChI=1S/C56H90O12/c1-16-38-32(5)31(4)34(7)48(64-38)68-45-43(66-47-33(6)30(3)29(2)27-63-47)35(8)44(46(58)59)67-49(45)65-41-20-21-52(11)39(53(41,12)28-57)19-22-54(13)40(52)18-17-36-37-25-51(9,10)23-24-56(37,50(60)61)42(62-15)26-55(36,54)14/h17,28-35,37-45,47-49H,16,18-27H2,1-15H3,(H,58,59)(H,60,61)/t29?,30?,31-,32+,33?,34?,35+,37?,38?,39+,40?,41-,42?,43-,44?,45?,47?,48-,49+,52?,53+,54?,55?,56+/m0/s1. The maximum atomic E-state index is 14.1. The molecule has 0 spiro atoms. The Morgan fingerprint density at radius 1 is 0.735 bits per heavy atom. The van der Waals surface area contributed by atoms with Crippen molar-refractivity contribution < 1.29 is 57.8 Å². The van der Waals surface area contributed by atoms with E-state index in [-0.39, 0.29) is 63.3 Å². The van der Waals surface area contributed by atoms with Crippen LogP contribution in [0, 0.1) is 91.7 Å². The Bertz CT molecular complexity index is 1920. The van der Waals surface area contributed by atoms with Crippen LogP contribution in [0.4, 0.5) is 0 Å². The molecule has 3 heterocycles. The largest absolute Gasteiger partial charge is 0.481 e. The van der Waals surface area contributed by atoms with E-state index < -0.39 is 78.1 Å². The van der Waals surface area contributed by atoms with E-state index in [0.29, 0.717) is 43.6 Å². The van der Waals surface area contributed by atoms with Crippen LogP contribution in [0.25, 0.3) is 0 Å². The molecule has 68 heavy (non-hydrogen) atoms. The van der Waals surface area contributed by atoms with Crippen LogP contribution >= 0.6 is 0 Å². The highest BCUT2D eigenvalue weighted by Crippen LogP contribution is 2.76. The maximum Gasteiger partial charge on any atom is 0.333 e. The molecular weight excluding hydrogens is 865 g/mol. The lowest BCUT2D eigenvalue weighted by Crippen LogP contribution is -2.68. The van der Waals surface area contributed by atoms with Crippen LogP contribution in [0.2, 0.25) is 0 Å². The molecule has 386 valence electrons. The summed E-state index contributed by atoms with van der Waals surface area (Å²) in [4.78, 5) is 40.8. The van der Waals surface area contributed by atoms with Gasteiger partial charge >= 0.3 is 11.9 Å². The lowest BCUT2D eigenvalue weighted by molar-refractivity contribution is -0.375. The van der Waals surface area contributed by atoms with Crippen molar-refractivity contribution in [1.29, 1.82) is 0 Å². The molecule has 24 atom stereocenters. The first-order valence-corrected chi connectivity index (χ1v) is 26.8. The summed E-state index contributed by atoms with van der Waals surface area (Å²) in [6, 6.07) is 0. The zero-order chi connectivity index (χ0) is 49.8. The molecule has 2 N–H and O–H groups in total. The summed E-state index contributed by atoms with van der Waals surface area (Å²) in [5, 5.41) is 21.9. The number of allylic oxidation sites excluding steroid dienone is 2. The molecule has 0 bridgehead atoms. The summed E-state index contributed by atoms with van der Waals surface area (Å²) >= 11 is 0. The van der Waals surface area contributed by atoms with E-state index >= 15 is 0 Å². The fourth-order valence-electron chi connectivity index (χ4n) is 16.8. The third-order valence-electron chi connectivity index (χ3n) is 22.3. The SMILES string of the molecule is CCC1O[C@@H](OC2[C@H](O[C@H]3CCC4(C)C5CC=C6C7CC(C)(C)CC[C@]7(C(=O)O)C(OC)CC6(C)C5(C)CC[C@H]4[C@@]3(C)C=O)OC(C(=O)O)[C@H](C)[C@@H]2OC2OCC(C)C(C)C2C)C(C)[C@@H](C)[C@H]1C. The fraction of sp³-hybridized carbons (Fsp3) is 0.911. The zero-order valence-electron chi connectivity index (χ0n) is 44.4. The number of methoxy groups -OCH3 is 1. The first kappa shape index (κ1) is 52.4. The van der Waals surface area contributed by atoms with Crippen LogP contribution in [-0.4, -0.2) is 97.6 Å². The van der Waals surface area contributed by atoms with Gasteiger partial charge in [0.05, 0.1) is 36.4 Å². The Balaban J connectivity index is 1.13. The highest BCUT2D eigenvalue weighted by molar-refractivity contribution is 5.78. The number of aldehydes is 1. The summed E-state index contributed by atoms with van der Waals surface area (Å²) in [5.41, 5.74) is -1.31.